The Bertz CT molecular complexity index is 831. The molecule has 1 aliphatic rings. The topological polar surface area (TPSA) is 70.6 Å². The van der Waals surface area contributed by atoms with Crippen LogP contribution in [0.5, 0.6) is 0 Å². The fraction of sp³-hybridized carbons (Fsp3) is 0.375. The second-order valence-electron chi connectivity index (χ2n) is 5.96. The second kappa shape index (κ2) is 6.62. The van der Waals surface area contributed by atoms with E-state index in [-0.39, 0.29) is 23.5 Å². The summed E-state index contributed by atoms with van der Waals surface area (Å²) in [6.07, 6.45) is 0.460. The molecule has 1 fully saturated rings. The van der Waals surface area contributed by atoms with Crippen LogP contribution in [0.2, 0.25) is 0 Å². The third-order valence-electron chi connectivity index (χ3n) is 3.94. The zero-order valence-electron chi connectivity index (χ0n) is 13.5. The first-order chi connectivity index (χ1) is 11.4. The Morgan fingerprint density at radius 2 is 1.96 bits per heavy atom. The van der Waals surface area contributed by atoms with Gasteiger partial charge in [0.2, 0.25) is 0 Å². The second-order valence-corrected chi connectivity index (χ2v) is 9.04. The number of carbonyl (C=O) groups is 1. The molecule has 0 spiro atoms. The monoisotopic (exact) mass is 365 g/mol. The van der Waals surface area contributed by atoms with E-state index >= 15 is 0 Å². The number of sulfone groups is 1. The molecule has 1 amide bonds. The molecule has 2 heterocycles. The van der Waals surface area contributed by atoms with E-state index in [0.29, 0.717) is 12.1 Å². The molecule has 1 aromatic heterocycles. The summed E-state index contributed by atoms with van der Waals surface area (Å²) in [6, 6.07) is 9.33. The molecule has 128 valence electrons. The molecule has 2 aromatic rings. The lowest BCUT2D eigenvalue weighted by atomic mass is 10.2. The van der Waals surface area contributed by atoms with Crippen molar-refractivity contribution in [3.63, 3.8) is 0 Å². The fourth-order valence-corrected chi connectivity index (χ4v) is 5.34. The highest BCUT2D eigenvalue weighted by Gasteiger charge is 2.37. The molecule has 0 aliphatic carbocycles. The van der Waals surface area contributed by atoms with Gasteiger partial charge in [-0.3, -0.25) is 9.80 Å². The van der Waals surface area contributed by atoms with Crippen molar-refractivity contribution in [3.05, 3.63) is 41.4 Å². The molecule has 1 atom stereocenters. The van der Waals surface area contributed by atoms with Crippen molar-refractivity contribution in [2.24, 2.45) is 0 Å². The highest BCUT2D eigenvalue weighted by molar-refractivity contribution is 7.91. The summed E-state index contributed by atoms with van der Waals surface area (Å²) >= 11 is 1.41. The summed E-state index contributed by atoms with van der Waals surface area (Å²) in [7, 11) is 0.421. The zero-order valence-corrected chi connectivity index (χ0v) is 15.2. The molecular weight excluding hydrogens is 346 g/mol. The lowest BCUT2D eigenvalue weighted by Crippen LogP contribution is -2.49. The summed E-state index contributed by atoms with van der Waals surface area (Å²) in [4.78, 5) is 17.3. The van der Waals surface area contributed by atoms with E-state index in [1.54, 1.807) is 24.5 Å². The van der Waals surface area contributed by atoms with E-state index in [0.717, 1.165) is 10.6 Å². The molecule has 8 heteroatoms. The van der Waals surface area contributed by atoms with Crippen LogP contribution < -0.4 is 0 Å². The van der Waals surface area contributed by atoms with Gasteiger partial charge < -0.3 is 0 Å². The molecule has 0 N–H and O–H groups in total. The SMILES string of the molecule is CN(C)N(C(=O)c1csc(-c2ccccc2)n1)C1CCS(=O)(=O)C1. The Kier molecular flexibility index (Phi) is 4.71. The first-order valence-corrected chi connectivity index (χ1v) is 10.3. The minimum Gasteiger partial charge on any atom is -0.266 e. The van der Waals surface area contributed by atoms with Gasteiger partial charge in [-0.2, -0.15) is 0 Å². The number of carbonyl (C=O) groups excluding carboxylic acids is 1. The number of hydrogen-bond donors (Lipinski definition) is 0. The highest BCUT2D eigenvalue weighted by Crippen LogP contribution is 2.26. The van der Waals surface area contributed by atoms with Crippen LogP contribution in [-0.4, -0.2) is 61.0 Å². The van der Waals surface area contributed by atoms with Crippen LogP contribution in [0, 0.1) is 0 Å². The molecule has 0 radical (unpaired) electrons. The van der Waals surface area contributed by atoms with Crippen molar-refractivity contribution in [3.8, 4) is 10.6 Å². The van der Waals surface area contributed by atoms with Gasteiger partial charge in [-0.15, -0.1) is 11.3 Å². The Hall–Kier alpha value is -1.77. The van der Waals surface area contributed by atoms with Gasteiger partial charge in [-0.25, -0.2) is 18.4 Å². The van der Waals surface area contributed by atoms with Gasteiger partial charge in [0.05, 0.1) is 17.5 Å². The quantitative estimate of drug-likeness (QED) is 0.774. The van der Waals surface area contributed by atoms with Crippen LogP contribution in [0.4, 0.5) is 0 Å². The number of aromatic nitrogens is 1. The van der Waals surface area contributed by atoms with Crippen LogP contribution in [-0.2, 0) is 9.84 Å². The summed E-state index contributed by atoms with van der Waals surface area (Å²) in [5.41, 5.74) is 1.30. The number of benzene rings is 1. The predicted molar refractivity (Wildman–Crippen MR) is 94.5 cm³/mol. The number of hydrazine groups is 1. The van der Waals surface area contributed by atoms with Crippen molar-refractivity contribution < 1.29 is 13.2 Å². The Balaban J connectivity index is 1.85. The lowest BCUT2D eigenvalue weighted by molar-refractivity contribution is 0.000550. The smallest absolute Gasteiger partial charge is 0.266 e. The molecule has 24 heavy (non-hydrogen) atoms. The van der Waals surface area contributed by atoms with Crippen molar-refractivity contribution in [2.75, 3.05) is 25.6 Å². The molecule has 1 aromatic carbocycles. The Labute approximate surface area is 145 Å². The third kappa shape index (κ3) is 3.50. The summed E-state index contributed by atoms with van der Waals surface area (Å²) in [5.74, 6) is -0.130. The van der Waals surface area contributed by atoms with Crippen molar-refractivity contribution in [1.29, 1.82) is 0 Å². The number of rotatable bonds is 4. The minimum atomic E-state index is -3.07. The average Bonchev–Trinajstić information content (AvgIpc) is 3.15. The molecule has 6 nitrogen and oxygen atoms in total. The molecule has 0 saturated carbocycles. The van der Waals surface area contributed by atoms with Gasteiger partial charge in [-0.05, 0) is 6.42 Å². The number of hydrogen-bond acceptors (Lipinski definition) is 6. The van der Waals surface area contributed by atoms with Crippen molar-refractivity contribution >= 4 is 27.1 Å². The molecular formula is C16H19N3O3S2. The predicted octanol–water partition coefficient (Wildman–Crippen LogP) is 1.92. The van der Waals surface area contributed by atoms with E-state index in [2.05, 4.69) is 4.98 Å². The van der Waals surface area contributed by atoms with Gasteiger partial charge >= 0.3 is 0 Å². The maximum Gasteiger partial charge on any atom is 0.287 e. The Morgan fingerprint density at radius 1 is 1.25 bits per heavy atom. The van der Waals surface area contributed by atoms with E-state index in [9.17, 15) is 13.2 Å². The van der Waals surface area contributed by atoms with Gasteiger partial charge in [-0.1, -0.05) is 30.3 Å². The summed E-state index contributed by atoms with van der Waals surface area (Å²) < 4.78 is 23.5. The van der Waals surface area contributed by atoms with Crippen LogP contribution in [0.15, 0.2) is 35.7 Å². The number of amides is 1. The summed E-state index contributed by atoms with van der Waals surface area (Å²) in [5, 5.41) is 5.66. The van der Waals surface area contributed by atoms with Crippen LogP contribution in [0.1, 0.15) is 16.9 Å². The first-order valence-electron chi connectivity index (χ1n) is 7.59. The normalized spacial score (nSPS) is 19.5. The number of nitrogens with zero attached hydrogens (tertiary/aromatic N) is 3. The molecule has 0 bridgehead atoms. The number of thiazole rings is 1. The van der Waals surface area contributed by atoms with Crippen molar-refractivity contribution in [1.82, 2.24) is 15.0 Å². The van der Waals surface area contributed by atoms with Crippen molar-refractivity contribution in [2.45, 2.75) is 12.5 Å². The largest absolute Gasteiger partial charge is 0.287 e. The van der Waals surface area contributed by atoms with Gasteiger partial charge in [0.1, 0.15) is 10.7 Å². The average molecular weight is 365 g/mol. The fourth-order valence-electron chi connectivity index (χ4n) is 2.84. The van der Waals surface area contributed by atoms with Crippen LogP contribution >= 0.6 is 11.3 Å². The maximum atomic E-state index is 12.9. The molecule has 3 rings (SSSR count). The summed E-state index contributed by atoms with van der Waals surface area (Å²) in [6.45, 7) is 0. The maximum absolute atomic E-state index is 12.9. The molecule has 1 unspecified atom stereocenters. The van der Waals surface area contributed by atoms with E-state index in [1.807, 2.05) is 30.3 Å². The third-order valence-corrected chi connectivity index (χ3v) is 6.58. The highest BCUT2D eigenvalue weighted by atomic mass is 32.2. The first kappa shape index (κ1) is 17.1. The van der Waals surface area contributed by atoms with E-state index in [1.165, 1.54) is 16.3 Å². The van der Waals surface area contributed by atoms with E-state index in [4.69, 9.17) is 0 Å². The zero-order chi connectivity index (χ0) is 17.3. The van der Waals surface area contributed by atoms with Crippen LogP contribution in [0.3, 0.4) is 0 Å². The molecule has 1 saturated heterocycles. The van der Waals surface area contributed by atoms with E-state index < -0.39 is 9.84 Å². The van der Waals surface area contributed by atoms with Gasteiger partial charge in [0.25, 0.3) is 5.91 Å². The van der Waals surface area contributed by atoms with Gasteiger partial charge in [0, 0.05) is 25.0 Å². The Morgan fingerprint density at radius 3 is 2.54 bits per heavy atom. The standard InChI is InChI=1S/C16H19N3O3S2/c1-18(2)19(13-8-9-24(21,22)11-13)16(20)14-10-23-15(17-14)12-6-4-3-5-7-12/h3-7,10,13H,8-9,11H2,1-2H3. The lowest BCUT2D eigenvalue weighted by Gasteiger charge is -2.33. The van der Waals surface area contributed by atoms with Crippen LogP contribution in [0.25, 0.3) is 10.6 Å². The molecule has 1 aliphatic heterocycles. The van der Waals surface area contributed by atoms with Gasteiger partial charge in [0.15, 0.2) is 9.84 Å². The minimum absolute atomic E-state index is 0.00655.